The van der Waals surface area contributed by atoms with Crippen LogP contribution in [0.15, 0.2) is 35.3 Å². The zero-order valence-corrected chi connectivity index (χ0v) is 17.7. The van der Waals surface area contributed by atoms with E-state index in [-0.39, 0.29) is 28.9 Å². The van der Waals surface area contributed by atoms with Gasteiger partial charge in [-0.15, -0.1) is 5.10 Å². The van der Waals surface area contributed by atoms with Gasteiger partial charge < -0.3 is 15.2 Å². The minimum absolute atomic E-state index is 0.0280. The third-order valence-electron chi connectivity index (χ3n) is 5.73. The van der Waals surface area contributed by atoms with E-state index in [1.165, 1.54) is 15.6 Å². The summed E-state index contributed by atoms with van der Waals surface area (Å²) in [6.07, 6.45) is 3.57. The normalized spacial score (nSPS) is 14.7. The van der Waals surface area contributed by atoms with Gasteiger partial charge in [0.2, 0.25) is 5.91 Å². The Kier molecular flexibility index (Phi) is 5.83. The second-order valence-electron chi connectivity index (χ2n) is 8.09. The number of hydrogen-bond donors (Lipinski definition) is 2. The highest BCUT2D eigenvalue weighted by molar-refractivity contribution is 5.98. The summed E-state index contributed by atoms with van der Waals surface area (Å²) in [6.45, 7) is 5.26. The minimum Gasteiger partial charge on any atom is -0.356 e. The third kappa shape index (κ3) is 4.50. The first kappa shape index (κ1) is 20.8. The summed E-state index contributed by atoms with van der Waals surface area (Å²) < 4.78 is 1.33. The van der Waals surface area contributed by atoms with E-state index in [9.17, 15) is 14.4 Å². The molecule has 2 N–H and O–H groups in total. The number of aromatic nitrogens is 4. The van der Waals surface area contributed by atoms with Crippen LogP contribution in [0, 0.1) is 19.8 Å². The molecule has 1 saturated heterocycles. The van der Waals surface area contributed by atoms with Gasteiger partial charge in [-0.1, -0.05) is 35.0 Å². The number of aromatic amines is 1. The molecule has 4 rings (SSSR count). The van der Waals surface area contributed by atoms with Crippen molar-refractivity contribution in [1.82, 2.24) is 30.0 Å². The molecular formula is C22H26N6O3. The van der Waals surface area contributed by atoms with Crippen LogP contribution in [0.3, 0.4) is 0 Å². The van der Waals surface area contributed by atoms with Gasteiger partial charge >= 0.3 is 0 Å². The fourth-order valence-corrected chi connectivity index (χ4v) is 3.92. The van der Waals surface area contributed by atoms with E-state index in [1.54, 1.807) is 18.0 Å². The third-order valence-corrected chi connectivity index (χ3v) is 5.73. The summed E-state index contributed by atoms with van der Waals surface area (Å²) in [5.41, 5.74) is 2.84. The van der Waals surface area contributed by atoms with Crippen LogP contribution in [0.25, 0.3) is 5.52 Å². The minimum atomic E-state index is -0.392. The van der Waals surface area contributed by atoms with Gasteiger partial charge in [-0.3, -0.25) is 14.4 Å². The highest BCUT2D eigenvalue weighted by atomic mass is 16.2. The van der Waals surface area contributed by atoms with Crippen molar-refractivity contribution in [2.75, 3.05) is 19.6 Å². The summed E-state index contributed by atoms with van der Waals surface area (Å²) in [4.78, 5) is 42.0. The molecule has 1 aliphatic heterocycles. The van der Waals surface area contributed by atoms with E-state index in [1.807, 2.05) is 6.92 Å². The molecule has 2 aromatic heterocycles. The largest absolute Gasteiger partial charge is 0.356 e. The van der Waals surface area contributed by atoms with Crippen LogP contribution in [-0.2, 0) is 11.2 Å². The molecule has 31 heavy (non-hydrogen) atoms. The second-order valence-corrected chi connectivity index (χ2v) is 8.09. The number of hydrogen-bond acceptors (Lipinski definition) is 5. The molecule has 1 aliphatic rings. The summed E-state index contributed by atoms with van der Waals surface area (Å²) in [6, 6.07) is 8.29. The van der Waals surface area contributed by atoms with Crippen LogP contribution in [0.5, 0.6) is 0 Å². The topological polar surface area (TPSA) is 112 Å². The highest BCUT2D eigenvalue weighted by Crippen LogP contribution is 2.19. The van der Waals surface area contributed by atoms with Gasteiger partial charge in [0.15, 0.2) is 11.2 Å². The summed E-state index contributed by atoms with van der Waals surface area (Å²) in [7, 11) is 0. The van der Waals surface area contributed by atoms with E-state index in [0.29, 0.717) is 38.2 Å². The molecule has 1 aromatic carbocycles. The maximum Gasteiger partial charge on any atom is 0.276 e. The van der Waals surface area contributed by atoms with Gasteiger partial charge in [0.05, 0.1) is 6.20 Å². The molecule has 3 heterocycles. The van der Waals surface area contributed by atoms with Gasteiger partial charge in [0, 0.05) is 31.2 Å². The molecular weight excluding hydrogens is 396 g/mol. The Labute approximate surface area is 179 Å². The van der Waals surface area contributed by atoms with E-state index in [4.69, 9.17) is 0 Å². The maximum absolute atomic E-state index is 12.9. The van der Waals surface area contributed by atoms with Crippen molar-refractivity contribution in [3.8, 4) is 0 Å². The number of piperidine rings is 1. The lowest BCUT2D eigenvalue weighted by Gasteiger charge is -2.30. The molecule has 2 amide bonds. The number of nitrogens with one attached hydrogen (secondary N) is 2. The summed E-state index contributed by atoms with van der Waals surface area (Å²) in [5.74, 6) is -0.423. The first-order valence-corrected chi connectivity index (χ1v) is 10.5. The zero-order chi connectivity index (χ0) is 22.0. The average Bonchev–Trinajstić information content (AvgIpc) is 3.19. The van der Waals surface area contributed by atoms with Gasteiger partial charge in [0.25, 0.3) is 11.5 Å². The van der Waals surface area contributed by atoms with Crippen molar-refractivity contribution in [2.24, 2.45) is 5.92 Å². The molecule has 9 nitrogen and oxygen atoms in total. The van der Waals surface area contributed by atoms with E-state index in [2.05, 4.69) is 44.9 Å². The fourth-order valence-electron chi connectivity index (χ4n) is 3.92. The van der Waals surface area contributed by atoms with E-state index >= 15 is 0 Å². The predicted octanol–water partition coefficient (Wildman–Crippen LogP) is 1.25. The highest BCUT2D eigenvalue weighted by Gasteiger charge is 2.30. The molecule has 0 spiro atoms. The van der Waals surface area contributed by atoms with Crippen molar-refractivity contribution in [3.05, 3.63) is 63.3 Å². The Morgan fingerprint density at radius 3 is 2.58 bits per heavy atom. The SMILES string of the molecule is Cc1ccc(CCNC(=O)C2CCN(C(=O)c3nnn4cc(C)[nH]c(=O)c34)CC2)cc1. The Bertz CT molecular complexity index is 1160. The van der Waals surface area contributed by atoms with Crippen LogP contribution in [0.1, 0.15) is 40.2 Å². The molecule has 0 unspecified atom stereocenters. The van der Waals surface area contributed by atoms with Crippen molar-refractivity contribution in [1.29, 1.82) is 0 Å². The van der Waals surface area contributed by atoms with Crippen molar-refractivity contribution in [2.45, 2.75) is 33.1 Å². The quantitative estimate of drug-likeness (QED) is 0.643. The van der Waals surface area contributed by atoms with Gasteiger partial charge in [-0.05, 0) is 38.7 Å². The number of fused-ring (bicyclic) bond motifs is 1. The molecule has 0 radical (unpaired) electrons. The molecule has 0 bridgehead atoms. The van der Waals surface area contributed by atoms with Crippen molar-refractivity contribution >= 4 is 17.3 Å². The zero-order valence-electron chi connectivity index (χ0n) is 17.7. The first-order valence-electron chi connectivity index (χ1n) is 10.5. The number of likely N-dealkylation sites (tertiary alicyclic amines) is 1. The standard InChI is InChI=1S/C22H26N6O3/c1-14-3-5-16(6-4-14)7-10-23-20(29)17-8-11-27(12-9-17)22(31)18-19-21(30)24-15(2)13-28(19)26-25-18/h3-6,13,17H,7-12H2,1-2H3,(H,23,29)(H,24,30). The number of amides is 2. The lowest BCUT2D eigenvalue weighted by Crippen LogP contribution is -2.43. The van der Waals surface area contributed by atoms with Crippen LogP contribution < -0.4 is 10.9 Å². The average molecular weight is 422 g/mol. The summed E-state index contributed by atoms with van der Waals surface area (Å²) >= 11 is 0. The second kappa shape index (κ2) is 8.71. The number of aryl methyl sites for hydroxylation is 2. The van der Waals surface area contributed by atoms with Crippen LogP contribution in [0.4, 0.5) is 0 Å². The fraction of sp³-hybridized carbons (Fsp3) is 0.409. The van der Waals surface area contributed by atoms with Gasteiger partial charge in [-0.25, -0.2) is 4.52 Å². The van der Waals surface area contributed by atoms with Crippen LogP contribution >= 0.6 is 0 Å². The Hall–Kier alpha value is -3.49. The van der Waals surface area contributed by atoms with E-state index < -0.39 is 5.56 Å². The molecule has 162 valence electrons. The Balaban J connectivity index is 1.31. The molecule has 0 aliphatic carbocycles. The smallest absolute Gasteiger partial charge is 0.276 e. The number of rotatable bonds is 5. The number of H-pyrrole nitrogens is 1. The number of nitrogens with zero attached hydrogens (tertiary/aromatic N) is 4. The number of carbonyl (C=O) groups excluding carboxylic acids is 2. The van der Waals surface area contributed by atoms with Crippen LogP contribution in [0.2, 0.25) is 0 Å². The van der Waals surface area contributed by atoms with Crippen molar-refractivity contribution in [3.63, 3.8) is 0 Å². The first-order chi connectivity index (χ1) is 14.9. The lowest BCUT2D eigenvalue weighted by atomic mass is 9.95. The number of carbonyl (C=O) groups is 2. The molecule has 0 atom stereocenters. The Morgan fingerprint density at radius 2 is 1.87 bits per heavy atom. The number of benzene rings is 1. The molecule has 1 fully saturated rings. The lowest BCUT2D eigenvalue weighted by molar-refractivity contribution is -0.126. The monoisotopic (exact) mass is 422 g/mol. The van der Waals surface area contributed by atoms with Gasteiger partial charge in [-0.2, -0.15) is 0 Å². The molecule has 0 saturated carbocycles. The van der Waals surface area contributed by atoms with Crippen molar-refractivity contribution < 1.29 is 9.59 Å². The maximum atomic E-state index is 12.9. The molecule has 9 heteroatoms. The van der Waals surface area contributed by atoms with Crippen LogP contribution in [-0.4, -0.2) is 56.2 Å². The Morgan fingerprint density at radius 1 is 1.16 bits per heavy atom. The molecule has 3 aromatic rings. The van der Waals surface area contributed by atoms with E-state index in [0.717, 1.165) is 6.42 Å². The predicted molar refractivity (Wildman–Crippen MR) is 115 cm³/mol. The summed E-state index contributed by atoms with van der Waals surface area (Å²) in [5, 5.41) is 10.8. The van der Waals surface area contributed by atoms with Gasteiger partial charge in [0.1, 0.15) is 0 Å².